The van der Waals surface area contributed by atoms with Gasteiger partial charge in [0, 0.05) is 31.0 Å². The fourth-order valence-corrected chi connectivity index (χ4v) is 4.17. The van der Waals surface area contributed by atoms with Crippen LogP contribution in [-0.2, 0) is 16.6 Å². The fraction of sp³-hybridized carbons (Fsp3) is 0.440. The lowest BCUT2D eigenvalue weighted by Crippen LogP contribution is -2.42. The van der Waals surface area contributed by atoms with Crippen LogP contribution in [0.3, 0.4) is 0 Å². The molecule has 6 heteroatoms. The molecule has 5 nitrogen and oxygen atoms in total. The van der Waals surface area contributed by atoms with E-state index in [2.05, 4.69) is 29.7 Å². The normalized spacial score (nSPS) is 20.9. The monoisotopic (exact) mass is 425 g/mol. The van der Waals surface area contributed by atoms with Gasteiger partial charge >= 0.3 is 0 Å². The molecule has 0 spiro atoms. The molecular weight excluding hydrogens is 393 g/mol. The number of benzene rings is 2. The molecule has 1 saturated carbocycles. The third-order valence-electron chi connectivity index (χ3n) is 6.58. The van der Waals surface area contributed by atoms with E-state index in [-0.39, 0.29) is 28.8 Å². The highest BCUT2D eigenvalue weighted by atomic mass is 19.1. The first kappa shape index (κ1) is 22.9. The number of carbonyl (C=O) groups is 2. The van der Waals surface area contributed by atoms with Crippen LogP contribution in [0.2, 0.25) is 0 Å². The van der Waals surface area contributed by atoms with E-state index in [9.17, 15) is 14.0 Å². The van der Waals surface area contributed by atoms with Crippen molar-refractivity contribution < 1.29 is 14.0 Å². The summed E-state index contributed by atoms with van der Waals surface area (Å²) in [5, 5.41) is 5.57. The zero-order valence-electron chi connectivity index (χ0n) is 19.0. The summed E-state index contributed by atoms with van der Waals surface area (Å²) in [6.45, 7) is 4.49. The number of halogens is 1. The lowest BCUT2D eigenvalue weighted by Gasteiger charge is -2.26. The first-order valence-electron chi connectivity index (χ1n) is 10.7. The van der Waals surface area contributed by atoms with Crippen molar-refractivity contribution in [1.29, 1.82) is 0 Å². The maximum absolute atomic E-state index is 14.4. The van der Waals surface area contributed by atoms with Crippen LogP contribution in [0.4, 0.5) is 4.39 Å². The molecule has 0 unspecified atom stereocenters. The zero-order valence-corrected chi connectivity index (χ0v) is 19.0. The second-order valence-corrected chi connectivity index (χ2v) is 8.94. The molecule has 0 heterocycles. The highest BCUT2D eigenvalue weighted by Gasteiger charge is 2.55. The van der Waals surface area contributed by atoms with Crippen molar-refractivity contribution in [3.63, 3.8) is 0 Å². The SMILES string of the molecule is CNC(=O)c1cc(C)c(C[C@@H](CNC(=O)[C@@H]2C[C@@]2(C)c2ccccc2)N(C)C)cc1F. The topological polar surface area (TPSA) is 61.4 Å². The van der Waals surface area contributed by atoms with Gasteiger partial charge in [0.2, 0.25) is 5.91 Å². The maximum atomic E-state index is 14.4. The van der Waals surface area contributed by atoms with E-state index in [0.29, 0.717) is 13.0 Å². The Balaban J connectivity index is 1.64. The van der Waals surface area contributed by atoms with Crippen molar-refractivity contribution in [2.24, 2.45) is 5.92 Å². The largest absolute Gasteiger partial charge is 0.355 e. The van der Waals surface area contributed by atoms with Crippen molar-refractivity contribution in [2.75, 3.05) is 27.7 Å². The highest BCUT2D eigenvalue weighted by molar-refractivity contribution is 5.94. The summed E-state index contributed by atoms with van der Waals surface area (Å²) in [6, 6.07) is 13.2. The zero-order chi connectivity index (χ0) is 22.8. The predicted molar refractivity (Wildman–Crippen MR) is 121 cm³/mol. The van der Waals surface area contributed by atoms with Gasteiger partial charge in [-0.05, 0) is 62.7 Å². The molecule has 0 radical (unpaired) electrons. The van der Waals surface area contributed by atoms with Crippen LogP contribution in [-0.4, -0.2) is 50.4 Å². The molecule has 1 aliphatic carbocycles. The van der Waals surface area contributed by atoms with E-state index in [1.807, 2.05) is 44.1 Å². The molecule has 3 rings (SSSR count). The number of nitrogens with zero attached hydrogens (tertiary/aromatic N) is 1. The van der Waals surface area contributed by atoms with Gasteiger partial charge in [-0.1, -0.05) is 37.3 Å². The molecule has 166 valence electrons. The maximum Gasteiger partial charge on any atom is 0.254 e. The van der Waals surface area contributed by atoms with Crippen molar-refractivity contribution in [3.05, 3.63) is 70.5 Å². The summed E-state index contributed by atoms with van der Waals surface area (Å²) in [5.41, 5.74) is 2.83. The molecule has 2 aromatic rings. The minimum absolute atomic E-state index is 0.00892. The van der Waals surface area contributed by atoms with Gasteiger partial charge in [-0.2, -0.15) is 0 Å². The number of hydrogen-bond acceptors (Lipinski definition) is 3. The molecule has 31 heavy (non-hydrogen) atoms. The van der Waals surface area contributed by atoms with Crippen LogP contribution in [0.15, 0.2) is 42.5 Å². The first-order chi connectivity index (χ1) is 14.7. The number of carbonyl (C=O) groups excluding carboxylic acids is 2. The summed E-state index contributed by atoms with van der Waals surface area (Å²) in [5.74, 6) is -0.924. The number of rotatable bonds is 8. The van der Waals surface area contributed by atoms with Crippen LogP contribution < -0.4 is 10.6 Å². The molecule has 0 aromatic heterocycles. The molecule has 2 amide bonds. The summed E-state index contributed by atoms with van der Waals surface area (Å²) in [4.78, 5) is 26.7. The van der Waals surface area contributed by atoms with E-state index in [1.165, 1.54) is 18.7 Å². The van der Waals surface area contributed by atoms with Crippen LogP contribution in [0.25, 0.3) is 0 Å². The van der Waals surface area contributed by atoms with Crippen LogP contribution in [0.1, 0.15) is 40.4 Å². The Hall–Kier alpha value is -2.73. The van der Waals surface area contributed by atoms with E-state index in [0.717, 1.165) is 17.5 Å². The third-order valence-corrected chi connectivity index (χ3v) is 6.58. The van der Waals surface area contributed by atoms with E-state index < -0.39 is 11.7 Å². The molecule has 2 N–H and O–H groups in total. The van der Waals surface area contributed by atoms with Gasteiger partial charge in [0.1, 0.15) is 5.82 Å². The van der Waals surface area contributed by atoms with Gasteiger partial charge < -0.3 is 15.5 Å². The minimum atomic E-state index is -0.530. The van der Waals surface area contributed by atoms with Gasteiger partial charge in [0.05, 0.1) is 5.56 Å². The molecule has 1 aliphatic rings. The lowest BCUT2D eigenvalue weighted by atomic mass is 9.95. The van der Waals surface area contributed by atoms with Crippen LogP contribution in [0.5, 0.6) is 0 Å². The second-order valence-electron chi connectivity index (χ2n) is 8.94. The molecule has 1 fully saturated rings. The highest BCUT2D eigenvalue weighted by Crippen LogP contribution is 2.53. The van der Waals surface area contributed by atoms with Gasteiger partial charge in [0.25, 0.3) is 5.91 Å². The quantitative estimate of drug-likeness (QED) is 0.683. The first-order valence-corrected chi connectivity index (χ1v) is 10.7. The van der Waals surface area contributed by atoms with Crippen LogP contribution >= 0.6 is 0 Å². The second kappa shape index (κ2) is 9.18. The summed E-state index contributed by atoms with van der Waals surface area (Å²) in [6.07, 6.45) is 1.42. The van der Waals surface area contributed by atoms with Gasteiger partial charge in [0.15, 0.2) is 0 Å². The number of likely N-dealkylation sites (N-methyl/N-ethyl adjacent to an activating group) is 1. The summed E-state index contributed by atoms with van der Waals surface area (Å²) in [7, 11) is 5.39. The number of hydrogen-bond donors (Lipinski definition) is 2. The van der Waals surface area contributed by atoms with Gasteiger partial charge in [-0.15, -0.1) is 0 Å². The minimum Gasteiger partial charge on any atom is -0.355 e. The summed E-state index contributed by atoms with van der Waals surface area (Å²) >= 11 is 0. The Morgan fingerprint density at radius 1 is 1.23 bits per heavy atom. The van der Waals surface area contributed by atoms with Gasteiger partial charge in [-0.3, -0.25) is 9.59 Å². The Kier molecular flexibility index (Phi) is 6.80. The molecule has 2 aromatic carbocycles. The van der Waals surface area contributed by atoms with Crippen molar-refractivity contribution in [1.82, 2.24) is 15.5 Å². The Morgan fingerprint density at radius 3 is 2.52 bits per heavy atom. The summed E-state index contributed by atoms with van der Waals surface area (Å²) < 4.78 is 14.4. The van der Waals surface area contributed by atoms with Gasteiger partial charge in [-0.25, -0.2) is 4.39 Å². The average Bonchev–Trinajstić information content (AvgIpc) is 3.45. The Morgan fingerprint density at radius 2 is 1.90 bits per heavy atom. The molecular formula is C25H32FN3O2. The molecule has 0 aliphatic heterocycles. The van der Waals surface area contributed by atoms with Crippen molar-refractivity contribution in [3.8, 4) is 0 Å². The molecule has 3 atom stereocenters. The van der Waals surface area contributed by atoms with Crippen molar-refractivity contribution in [2.45, 2.75) is 38.1 Å². The number of nitrogens with one attached hydrogen (secondary N) is 2. The van der Waals surface area contributed by atoms with Crippen molar-refractivity contribution >= 4 is 11.8 Å². The fourth-order valence-electron chi connectivity index (χ4n) is 4.17. The predicted octanol–water partition coefficient (Wildman–Crippen LogP) is 3.06. The van der Waals surface area contributed by atoms with E-state index in [4.69, 9.17) is 0 Å². The lowest BCUT2D eigenvalue weighted by molar-refractivity contribution is -0.122. The Bertz CT molecular complexity index is 961. The Labute approximate surface area is 184 Å². The number of amides is 2. The van der Waals surface area contributed by atoms with Crippen LogP contribution in [0, 0.1) is 18.7 Å². The number of aryl methyl sites for hydroxylation is 1. The molecule has 0 bridgehead atoms. The average molecular weight is 426 g/mol. The molecule has 0 saturated heterocycles. The standard InChI is InChI=1S/C25H32FN3O2/c1-16-11-20(23(30)27-3)22(26)13-17(16)12-19(29(4)5)15-28-24(31)21-14-25(21,2)18-9-7-6-8-10-18/h6-11,13,19,21H,12,14-15H2,1-5H3,(H,27,30)(H,28,31)/t19-,21-,25-/m0/s1. The van der Waals surface area contributed by atoms with E-state index in [1.54, 1.807) is 6.07 Å². The smallest absolute Gasteiger partial charge is 0.254 e. The third kappa shape index (κ3) is 4.96. The van der Waals surface area contributed by atoms with E-state index >= 15 is 0 Å².